The molecule has 0 atom stereocenters. The smallest absolute Gasteiger partial charge is 0.251 e. The molecule has 6 heteroatoms. The van der Waals surface area contributed by atoms with E-state index < -0.39 is 0 Å². The van der Waals surface area contributed by atoms with Gasteiger partial charge in [0, 0.05) is 23.0 Å². The molecule has 0 aliphatic heterocycles. The topological polar surface area (TPSA) is 79.5 Å². The summed E-state index contributed by atoms with van der Waals surface area (Å²) in [6, 6.07) is 14.6. The van der Waals surface area contributed by atoms with E-state index in [1.165, 1.54) is 19.3 Å². The highest BCUT2D eigenvalue weighted by molar-refractivity contribution is 5.98. The van der Waals surface area contributed by atoms with Gasteiger partial charge in [0.2, 0.25) is 5.91 Å². The van der Waals surface area contributed by atoms with E-state index in [1.807, 2.05) is 24.3 Å². The molecule has 1 saturated carbocycles. The molecule has 158 valence electrons. The number of rotatable bonds is 9. The van der Waals surface area contributed by atoms with Crippen molar-refractivity contribution in [3.8, 4) is 5.75 Å². The molecule has 2 aromatic rings. The van der Waals surface area contributed by atoms with E-state index in [0.717, 1.165) is 24.3 Å². The van der Waals surface area contributed by atoms with E-state index in [1.54, 1.807) is 30.3 Å². The summed E-state index contributed by atoms with van der Waals surface area (Å²) in [6.07, 6.45) is 7.34. The van der Waals surface area contributed by atoms with Crippen LogP contribution < -0.4 is 20.7 Å². The lowest BCUT2D eigenvalue weighted by Crippen LogP contribution is -2.36. The average Bonchev–Trinajstić information content (AvgIpc) is 2.78. The van der Waals surface area contributed by atoms with E-state index in [2.05, 4.69) is 22.5 Å². The Morgan fingerprint density at radius 1 is 1.03 bits per heavy atom. The third kappa shape index (κ3) is 6.65. The fourth-order valence-corrected chi connectivity index (χ4v) is 3.47. The van der Waals surface area contributed by atoms with Gasteiger partial charge in [0.05, 0.1) is 6.54 Å². The molecular weight excluding hydrogens is 378 g/mol. The lowest BCUT2D eigenvalue weighted by molar-refractivity contribution is -0.114. The largest absolute Gasteiger partial charge is 0.490 e. The van der Waals surface area contributed by atoms with Crippen molar-refractivity contribution >= 4 is 23.2 Å². The van der Waals surface area contributed by atoms with Gasteiger partial charge >= 0.3 is 0 Å². The summed E-state index contributed by atoms with van der Waals surface area (Å²) in [5, 5.41) is 9.01. The van der Waals surface area contributed by atoms with Crippen LogP contribution in [0.2, 0.25) is 0 Å². The van der Waals surface area contributed by atoms with Crippen molar-refractivity contribution in [3.05, 3.63) is 66.7 Å². The summed E-state index contributed by atoms with van der Waals surface area (Å²) < 4.78 is 5.44. The maximum absolute atomic E-state index is 12.5. The number of amides is 2. The molecule has 0 aromatic heterocycles. The lowest BCUT2D eigenvalue weighted by atomic mass is 9.95. The van der Waals surface area contributed by atoms with Gasteiger partial charge in [0.1, 0.15) is 12.4 Å². The van der Waals surface area contributed by atoms with Gasteiger partial charge < -0.3 is 20.7 Å². The quantitative estimate of drug-likeness (QED) is 0.540. The molecular formula is C24H29N3O3. The van der Waals surface area contributed by atoms with Crippen molar-refractivity contribution in [3.63, 3.8) is 0 Å². The first-order valence-corrected chi connectivity index (χ1v) is 10.4. The van der Waals surface area contributed by atoms with E-state index in [0.29, 0.717) is 17.9 Å². The highest BCUT2D eigenvalue weighted by atomic mass is 16.5. The lowest BCUT2D eigenvalue weighted by Gasteiger charge is -2.22. The molecule has 6 nitrogen and oxygen atoms in total. The Bertz CT molecular complexity index is 858. The predicted molar refractivity (Wildman–Crippen MR) is 120 cm³/mol. The fraction of sp³-hybridized carbons (Fsp3) is 0.333. The van der Waals surface area contributed by atoms with Gasteiger partial charge in [0.15, 0.2) is 0 Å². The molecule has 3 N–H and O–H groups in total. The van der Waals surface area contributed by atoms with Crippen molar-refractivity contribution in [1.82, 2.24) is 5.32 Å². The normalized spacial score (nSPS) is 13.9. The zero-order chi connectivity index (χ0) is 21.2. The van der Waals surface area contributed by atoms with Crippen molar-refractivity contribution in [2.75, 3.05) is 23.8 Å². The van der Waals surface area contributed by atoms with Crippen molar-refractivity contribution < 1.29 is 14.3 Å². The first-order valence-electron chi connectivity index (χ1n) is 10.4. The summed E-state index contributed by atoms with van der Waals surface area (Å²) in [7, 11) is 0. The Balaban J connectivity index is 1.48. The number of hydrogen-bond acceptors (Lipinski definition) is 4. The molecule has 0 bridgehead atoms. The van der Waals surface area contributed by atoms with Crippen LogP contribution in [0, 0.1) is 0 Å². The summed E-state index contributed by atoms with van der Waals surface area (Å²) in [4.78, 5) is 24.8. The van der Waals surface area contributed by atoms with Crippen molar-refractivity contribution in [1.29, 1.82) is 0 Å². The molecule has 0 saturated heterocycles. The van der Waals surface area contributed by atoms with Crippen LogP contribution in [0.5, 0.6) is 5.75 Å². The van der Waals surface area contributed by atoms with Gasteiger partial charge in [-0.1, -0.05) is 38.0 Å². The van der Waals surface area contributed by atoms with Crippen LogP contribution in [0.4, 0.5) is 11.4 Å². The SMILES string of the molecule is C=CCOc1ccc(NCC(=O)Nc2cccc(C(=O)NC3CCCCC3)c2)cc1. The van der Waals surface area contributed by atoms with Crippen LogP contribution in [-0.2, 0) is 4.79 Å². The summed E-state index contributed by atoms with van der Waals surface area (Å²) in [5.41, 5.74) is 1.98. The minimum absolute atomic E-state index is 0.0881. The molecule has 1 aliphatic rings. The third-order valence-electron chi connectivity index (χ3n) is 5.02. The first-order chi connectivity index (χ1) is 14.6. The second-order valence-corrected chi connectivity index (χ2v) is 7.41. The van der Waals surface area contributed by atoms with E-state index in [4.69, 9.17) is 4.74 Å². The van der Waals surface area contributed by atoms with Gasteiger partial charge in [-0.15, -0.1) is 0 Å². The van der Waals surface area contributed by atoms with Crippen molar-refractivity contribution in [2.45, 2.75) is 38.1 Å². The number of anilines is 2. The molecule has 0 heterocycles. The number of benzene rings is 2. The molecule has 2 amide bonds. The van der Waals surface area contributed by atoms with Crippen molar-refractivity contribution in [2.24, 2.45) is 0 Å². The molecule has 0 spiro atoms. The van der Waals surface area contributed by atoms with Gasteiger partial charge in [-0.05, 0) is 55.3 Å². The Labute approximate surface area is 177 Å². The summed E-state index contributed by atoms with van der Waals surface area (Å²) in [5.74, 6) is 0.468. The number of hydrogen-bond donors (Lipinski definition) is 3. The molecule has 1 fully saturated rings. The second-order valence-electron chi connectivity index (χ2n) is 7.41. The van der Waals surface area contributed by atoms with Gasteiger partial charge in [0.25, 0.3) is 5.91 Å². The second kappa shape index (κ2) is 11.0. The van der Waals surface area contributed by atoms with Gasteiger partial charge in [-0.3, -0.25) is 9.59 Å². The Morgan fingerprint density at radius 2 is 1.80 bits per heavy atom. The van der Waals surface area contributed by atoms with Crippen LogP contribution in [0.3, 0.4) is 0 Å². The van der Waals surface area contributed by atoms with Crippen LogP contribution in [0.1, 0.15) is 42.5 Å². The minimum atomic E-state index is -0.188. The van der Waals surface area contributed by atoms with Crippen LogP contribution in [0.25, 0.3) is 0 Å². The Kier molecular flexibility index (Phi) is 7.89. The Morgan fingerprint density at radius 3 is 2.53 bits per heavy atom. The Hall–Kier alpha value is -3.28. The summed E-state index contributed by atoms with van der Waals surface area (Å²) in [6.45, 7) is 4.18. The van der Waals surface area contributed by atoms with E-state index in [-0.39, 0.29) is 24.4 Å². The van der Waals surface area contributed by atoms with E-state index in [9.17, 15) is 9.59 Å². The zero-order valence-corrected chi connectivity index (χ0v) is 17.2. The predicted octanol–water partition coefficient (Wildman–Crippen LogP) is 4.36. The van der Waals surface area contributed by atoms with Crippen LogP contribution >= 0.6 is 0 Å². The fourth-order valence-electron chi connectivity index (χ4n) is 3.47. The van der Waals surface area contributed by atoms with Gasteiger partial charge in [-0.2, -0.15) is 0 Å². The van der Waals surface area contributed by atoms with E-state index >= 15 is 0 Å². The van der Waals surface area contributed by atoms with Crippen LogP contribution in [0.15, 0.2) is 61.2 Å². The monoisotopic (exact) mass is 407 g/mol. The molecule has 0 radical (unpaired) electrons. The molecule has 3 rings (SSSR count). The highest BCUT2D eigenvalue weighted by Crippen LogP contribution is 2.19. The third-order valence-corrected chi connectivity index (χ3v) is 5.02. The number of carbonyl (C=O) groups is 2. The molecule has 0 unspecified atom stereocenters. The van der Waals surface area contributed by atoms with Gasteiger partial charge in [-0.25, -0.2) is 0 Å². The maximum atomic E-state index is 12.5. The molecule has 30 heavy (non-hydrogen) atoms. The van der Waals surface area contributed by atoms with Crippen LogP contribution in [-0.4, -0.2) is 31.0 Å². The zero-order valence-electron chi connectivity index (χ0n) is 17.2. The highest BCUT2D eigenvalue weighted by Gasteiger charge is 2.17. The molecule has 1 aliphatic carbocycles. The number of ether oxygens (including phenoxy) is 1. The average molecular weight is 408 g/mol. The number of carbonyl (C=O) groups excluding carboxylic acids is 2. The maximum Gasteiger partial charge on any atom is 0.251 e. The minimum Gasteiger partial charge on any atom is -0.490 e. The first kappa shape index (κ1) is 21.4. The summed E-state index contributed by atoms with van der Waals surface area (Å²) >= 11 is 0. The number of nitrogens with one attached hydrogen (secondary N) is 3. The standard InChI is InChI=1S/C24H29N3O3/c1-2-15-30-22-13-11-19(12-14-22)25-17-23(28)26-21-10-6-7-18(16-21)24(29)27-20-8-4-3-5-9-20/h2,6-7,10-14,16,20,25H,1,3-5,8-9,15,17H2,(H,26,28)(H,27,29). The molecule has 2 aromatic carbocycles.